The van der Waals surface area contributed by atoms with Crippen molar-refractivity contribution in [3.05, 3.63) is 47.1 Å². The number of aromatic nitrogens is 1. The molecule has 1 aromatic heterocycles. The highest BCUT2D eigenvalue weighted by Crippen LogP contribution is 2.42. The van der Waals surface area contributed by atoms with Gasteiger partial charge in [0.05, 0.1) is 28.1 Å². The van der Waals surface area contributed by atoms with E-state index in [-0.39, 0.29) is 11.0 Å². The van der Waals surface area contributed by atoms with Crippen molar-refractivity contribution in [2.24, 2.45) is 0 Å². The van der Waals surface area contributed by atoms with E-state index in [2.05, 4.69) is 25.4 Å². The summed E-state index contributed by atoms with van der Waals surface area (Å²) in [4.78, 5) is 16.8. The maximum atomic E-state index is 13.9. The third kappa shape index (κ3) is 5.18. The third-order valence-corrected chi connectivity index (χ3v) is 8.99. The fraction of sp³-hybridized carbons (Fsp3) is 0.444. The van der Waals surface area contributed by atoms with Gasteiger partial charge >= 0.3 is 6.09 Å². The Bertz CT molecular complexity index is 1450. The molecule has 1 saturated carbocycles. The molecule has 2 aromatic carbocycles. The first-order valence-corrected chi connectivity index (χ1v) is 14.7. The van der Waals surface area contributed by atoms with Crippen molar-refractivity contribution in [3.63, 3.8) is 0 Å². The topological polar surface area (TPSA) is 81.1 Å². The van der Waals surface area contributed by atoms with Crippen molar-refractivity contribution in [2.45, 2.75) is 55.0 Å². The summed E-state index contributed by atoms with van der Waals surface area (Å²) in [5.74, 6) is 0.592. The molecule has 1 amide bonds. The first-order chi connectivity index (χ1) is 17.5. The summed E-state index contributed by atoms with van der Waals surface area (Å²) in [6.45, 7) is 7.55. The number of carbonyl (C=O) groups excluding carboxylic acids is 1. The second kappa shape index (κ2) is 9.54. The number of anilines is 1. The van der Waals surface area contributed by atoms with Crippen molar-refractivity contribution in [1.29, 1.82) is 0 Å². The average Bonchev–Trinajstić information content (AvgIpc) is 3.62. The number of sulfone groups is 1. The van der Waals surface area contributed by atoms with Crippen LogP contribution < -0.4 is 9.64 Å². The highest BCUT2D eigenvalue weighted by Gasteiger charge is 2.32. The number of hydrogen-bond acceptors (Lipinski definition) is 6. The average molecular weight is 591 g/mol. The predicted molar refractivity (Wildman–Crippen MR) is 146 cm³/mol. The molecular formula is C27H32BrN3O5S. The van der Waals surface area contributed by atoms with Crippen LogP contribution in [-0.4, -0.2) is 62.9 Å². The van der Waals surface area contributed by atoms with Crippen LogP contribution in [0.5, 0.6) is 5.75 Å². The number of rotatable bonds is 5. The molecule has 5 rings (SSSR count). The van der Waals surface area contributed by atoms with Gasteiger partial charge in [0.15, 0.2) is 0 Å². The first-order valence-electron chi connectivity index (χ1n) is 12.4. The van der Waals surface area contributed by atoms with Gasteiger partial charge < -0.3 is 23.8 Å². The molecule has 2 heterocycles. The van der Waals surface area contributed by atoms with Crippen molar-refractivity contribution >= 4 is 48.5 Å². The second-order valence-electron chi connectivity index (χ2n) is 10.6. The van der Waals surface area contributed by atoms with Crippen molar-refractivity contribution in [1.82, 2.24) is 9.47 Å². The van der Waals surface area contributed by atoms with Crippen LogP contribution in [0.25, 0.3) is 10.9 Å². The van der Waals surface area contributed by atoms with Crippen LogP contribution in [0.4, 0.5) is 10.5 Å². The molecule has 0 bridgehead atoms. The predicted octanol–water partition coefficient (Wildman–Crippen LogP) is 5.64. The summed E-state index contributed by atoms with van der Waals surface area (Å²) < 4.78 is 42.0. The van der Waals surface area contributed by atoms with Crippen molar-refractivity contribution in [2.75, 3.05) is 38.2 Å². The van der Waals surface area contributed by atoms with Crippen LogP contribution in [-0.2, 0) is 14.6 Å². The number of hydrogen-bond donors (Lipinski definition) is 0. The minimum absolute atomic E-state index is 0.218. The molecule has 10 heteroatoms. The van der Waals surface area contributed by atoms with Gasteiger partial charge in [-0.3, -0.25) is 0 Å². The van der Waals surface area contributed by atoms with Crippen molar-refractivity contribution in [3.8, 4) is 5.75 Å². The normalized spacial score (nSPS) is 16.8. The lowest BCUT2D eigenvalue weighted by molar-refractivity contribution is 0.0240. The Balaban J connectivity index is 1.45. The molecule has 3 aromatic rings. The lowest BCUT2D eigenvalue weighted by atomic mass is 10.2. The molecular weight excluding hydrogens is 558 g/mol. The smallest absolute Gasteiger partial charge is 0.410 e. The molecule has 37 heavy (non-hydrogen) atoms. The lowest BCUT2D eigenvalue weighted by Gasteiger charge is -2.37. The summed E-state index contributed by atoms with van der Waals surface area (Å²) >= 11 is 3.52. The molecule has 1 aliphatic carbocycles. The zero-order valence-electron chi connectivity index (χ0n) is 21.5. The molecule has 0 unspecified atom stereocenters. The summed E-state index contributed by atoms with van der Waals surface area (Å²) in [5.41, 5.74) is 1.06. The molecule has 198 valence electrons. The van der Waals surface area contributed by atoms with Gasteiger partial charge in [0.2, 0.25) is 9.84 Å². The molecule has 8 nitrogen and oxygen atoms in total. The largest absolute Gasteiger partial charge is 0.495 e. The van der Waals surface area contributed by atoms with Crippen molar-refractivity contribution < 1.29 is 22.7 Å². The Morgan fingerprint density at radius 2 is 1.73 bits per heavy atom. The molecule has 2 fully saturated rings. The molecule has 0 radical (unpaired) electrons. The van der Waals surface area contributed by atoms with E-state index in [0.29, 0.717) is 48.6 Å². The highest BCUT2D eigenvalue weighted by atomic mass is 79.9. The zero-order chi connectivity index (χ0) is 26.5. The third-order valence-electron chi connectivity index (χ3n) is 6.72. The van der Waals surface area contributed by atoms with Gasteiger partial charge in [-0.25, -0.2) is 13.2 Å². The number of methoxy groups -OCH3 is 1. The van der Waals surface area contributed by atoms with E-state index in [4.69, 9.17) is 9.47 Å². The van der Waals surface area contributed by atoms with Crippen LogP contribution in [0.15, 0.2) is 56.9 Å². The van der Waals surface area contributed by atoms with E-state index < -0.39 is 15.4 Å². The van der Waals surface area contributed by atoms with E-state index >= 15 is 0 Å². The monoisotopic (exact) mass is 589 g/mol. The Morgan fingerprint density at radius 1 is 1.03 bits per heavy atom. The van der Waals surface area contributed by atoms with Gasteiger partial charge in [0.1, 0.15) is 11.4 Å². The number of piperazine rings is 1. The Hall–Kier alpha value is -2.72. The van der Waals surface area contributed by atoms with E-state index in [1.165, 1.54) is 0 Å². The van der Waals surface area contributed by atoms with E-state index in [1.54, 1.807) is 36.4 Å². The SMILES string of the molecule is COc1ccc(S(=O)(=O)c2cn(C3CC3)c3cc(Br)ccc23)cc1N1CCN(C(=O)OC(C)(C)C)CC1. The molecule has 0 atom stereocenters. The summed E-state index contributed by atoms with van der Waals surface area (Å²) in [7, 11) is -2.22. The van der Waals surface area contributed by atoms with Gasteiger partial charge in [0, 0.05) is 48.3 Å². The fourth-order valence-electron chi connectivity index (χ4n) is 4.73. The van der Waals surface area contributed by atoms with E-state index in [1.807, 2.05) is 39.0 Å². The second-order valence-corrected chi connectivity index (χ2v) is 13.4. The summed E-state index contributed by atoms with van der Waals surface area (Å²) in [6, 6.07) is 11.1. The molecule has 1 aliphatic heterocycles. The van der Waals surface area contributed by atoms with Gasteiger partial charge in [-0.1, -0.05) is 22.0 Å². The minimum atomic E-state index is -3.80. The molecule has 0 N–H and O–H groups in total. The number of fused-ring (bicyclic) bond motifs is 1. The number of carbonyl (C=O) groups is 1. The lowest BCUT2D eigenvalue weighted by Crippen LogP contribution is -2.50. The van der Waals surface area contributed by atoms with Crippen LogP contribution in [0.1, 0.15) is 39.7 Å². The highest BCUT2D eigenvalue weighted by molar-refractivity contribution is 9.10. The zero-order valence-corrected chi connectivity index (χ0v) is 23.9. The van der Waals surface area contributed by atoms with Gasteiger partial charge in [-0.2, -0.15) is 0 Å². The Morgan fingerprint density at radius 3 is 2.35 bits per heavy atom. The number of ether oxygens (including phenoxy) is 2. The Labute approximate surface area is 226 Å². The minimum Gasteiger partial charge on any atom is -0.495 e. The number of nitrogens with zero attached hydrogens (tertiary/aromatic N) is 3. The van der Waals surface area contributed by atoms with Crippen LogP contribution in [0.2, 0.25) is 0 Å². The quantitative estimate of drug-likeness (QED) is 0.383. The fourth-order valence-corrected chi connectivity index (χ4v) is 6.56. The number of benzene rings is 2. The van der Waals surface area contributed by atoms with Gasteiger partial charge in [-0.15, -0.1) is 0 Å². The molecule has 0 spiro atoms. The Kier molecular flexibility index (Phi) is 6.68. The molecule has 2 aliphatic rings. The maximum Gasteiger partial charge on any atom is 0.410 e. The summed E-state index contributed by atoms with van der Waals surface area (Å²) in [5, 5.41) is 0.721. The number of halogens is 1. The van der Waals surface area contributed by atoms with E-state index in [0.717, 1.165) is 28.2 Å². The molecule has 1 saturated heterocycles. The first kappa shape index (κ1) is 25.9. The van der Waals surface area contributed by atoms with Gasteiger partial charge in [0.25, 0.3) is 0 Å². The van der Waals surface area contributed by atoms with E-state index in [9.17, 15) is 13.2 Å². The number of amides is 1. The van der Waals surface area contributed by atoms with Crippen LogP contribution >= 0.6 is 15.9 Å². The van der Waals surface area contributed by atoms with Crippen LogP contribution in [0, 0.1) is 0 Å². The maximum absolute atomic E-state index is 13.9. The summed E-state index contributed by atoms with van der Waals surface area (Å²) in [6.07, 6.45) is 3.55. The van der Waals surface area contributed by atoms with Gasteiger partial charge in [-0.05, 0) is 63.9 Å². The standard InChI is InChI=1S/C27H32BrN3O5S/c1-27(2,3)36-26(32)30-13-11-29(12-14-30)23-16-20(8-10-24(23)35-4)37(33,34)25-17-31(19-6-7-19)22-15-18(28)5-9-21(22)25/h5,8-10,15-17,19H,6-7,11-14H2,1-4H3. The van der Waals surface area contributed by atoms with Crippen LogP contribution in [0.3, 0.4) is 0 Å².